The van der Waals surface area contributed by atoms with E-state index < -0.39 is 32.8 Å². The number of anilines is 1. The molecule has 4 aromatic rings. The van der Waals surface area contributed by atoms with Crippen molar-refractivity contribution in [2.45, 2.75) is 44.9 Å². The molecule has 0 saturated carbocycles. The van der Waals surface area contributed by atoms with Crippen molar-refractivity contribution in [3.05, 3.63) is 108 Å². The summed E-state index contributed by atoms with van der Waals surface area (Å²) in [7, 11) is -3.83. The van der Waals surface area contributed by atoms with Gasteiger partial charge in [-0.05, 0) is 72.7 Å². The lowest BCUT2D eigenvalue weighted by Crippen LogP contribution is -2.46. The Kier molecular flexibility index (Phi) is 11.2. The zero-order valence-corrected chi connectivity index (χ0v) is 25.5. The lowest BCUT2D eigenvalue weighted by atomic mass is 10.1. The van der Waals surface area contributed by atoms with Crippen molar-refractivity contribution in [1.82, 2.24) is 5.32 Å². The highest BCUT2D eigenvalue weighted by atomic mass is 31.2. The summed E-state index contributed by atoms with van der Waals surface area (Å²) in [6.45, 7) is 0.0648. The molecule has 4 N–H and O–H groups in total. The number of aryl methyl sites for hydroxylation is 1. The summed E-state index contributed by atoms with van der Waals surface area (Å²) in [5.74, 6) is 0.425. The number of fused-ring (bicyclic) bond motifs is 1. The van der Waals surface area contributed by atoms with Gasteiger partial charge < -0.3 is 29.8 Å². The monoisotopic (exact) mass is 635 g/mol. The van der Waals surface area contributed by atoms with E-state index in [2.05, 4.69) is 22.8 Å². The fourth-order valence-electron chi connectivity index (χ4n) is 4.78. The van der Waals surface area contributed by atoms with E-state index in [0.29, 0.717) is 29.4 Å². The van der Waals surface area contributed by atoms with E-state index in [1.807, 2.05) is 42.5 Å². The molecule has 0 saturated heterocycles. The first-order chi connectivity index (χ1) is 21.9. The molecule has 1 aliphatic rings. The third-order valence-electron chi connectivity index (χ3n) is 7.15. The average molecular weight is 636 g/mol. The van der Waals surface area contributed by atoms with Crippen molar-refractivity contribution in [3.63, 3.8) is 0 Å². The molecule has 0 aliphatic carbocycles. The van der Waals surface area contributed by atoms with Crippen molar-refractivity contribution in [1.29, 1.82) is 0 Å². The lowest BCUT2D eigenvalue weighted by molar-refractivity contribution is -0.118. The molecule has 1 unspecified atom stereocenters. The number of benzene rings is 3. The van der Waals surface area contributed by atoms with E-state index in [-0.39, 0.29) is 13.2 Å². The summed E-state index contributed by atoms with van der Waals surface area (Å²) in [5.41, 5.74) is 3.99. The van der Waals surface area contributed by atoms with Gasteiger partial charge in [0.1, 0.15) is 17.6 Å². The standard InChI is InChI=1S/C33H36N2O9P/c36-32(29(35-33(37)38)23-44-45(39)42-21-25-13-6-7-14-26(25)22-43-45)34-27-16-17-31(28(20-27)30-15-9-19-41-30)40-18-8-2-5-12-24-10-3-1-4-11-24/h1,3-4,6-7,9-11,13-17,19-20,29,35,39H,2,5,8,12,18,21-23H2,(H,34,36)(H,37,38). The van der Waals surface area contributed by atoms with Gasteiger partial charge in [-0.2, -0.15) is 0 Å². The molecule has 3 aromatic carbocycles. The normalized spacial score (nSPS) is 14.5. The van der Waals surface area contributed by atoms with Crippen LogP contribution in [0.25, 0.3) is 11.3 Å². The summed E-state index contributed by atoms with van der Waals surface area (Å²) in [5, 5.41) is 14.2. The van der Waals surface area contributed by atoms with Gasteiger partial charge in [-0.15, -0.1) is 0 Å². The van der Waals surface area contributed by atoms with Crippen LogP contribution in [0, 0.1) is 0 Å². The summed E-state index contributed by atoms with van der Waals surface area (Å²) in [6.07, 6.45) is 4.07. The van der Waals surface area contributed by atoms with Crippen LogP contribution in [0.15, 0.2) is 95.6 Å². The van der Waals surface area contributed by atoms with Gasteiger partial charge in [-0.1, -0.05) is 54.6 Å². The number of unbranched alkanes of at least 4 members (excludes halogenated alkanes) is 2. The first-order valence-electron chi connectivity index (χ1n) is 14.7. The van der Waals surface area contributed by atoms with Gasteiger partial charge in [0.25, 0.3) is 0 Å². The second-order valence-corrected chi connectivity index (χ2v) is 12.1. The molecule has 11 nitrogen and oxygen atoms in total. The minimum Gasteiger partial charge on any atom is -0.493 e. The first-order valence-corrected chi connectivity index (χ1v) is 16.2. The Morgan fingerprint density at radius 1 is 0.889 bits per heavy atom. The highest BCUT2D eigenvalue weighted by Crippen LogP contribution is 2.60. The lowest BCUT2D eigenvalue weighted by Gasteiger charge is -2.27. The van der Waals surface area contributed by atoms with E-state index in [9.17, 15) is 19.6 Å². The number of carbonyl (C=O) groups is 2. The van der Waals surface area contributed by atoms with Crippen LogP contribution in [0.5, 0.6) is 5.75 Å². The van der Waals surface area contributed by atoms with Crippen LogP contribution in [-0.4, -0.2) is 41.3 Å². The van der Waals surface area contributed by atoms with Gasteiger partial charge in [-0.25, -0.2) is 4.79 Å². The van der Waals surface area contributed by atoms with Gasteiger partial charge >= 0.3 is 14.3 Å². The Morgan fingerprint density at radius 2 is 1.62 bits per heavy atom. The number of ether oxygens (including phenoxy) is 1. The molecule has 1 aromatic heterocycles. The molecule has 0 spiro atoms. The van der Waals surface area contributed by atoms with Gasteiger partial charge in [0.05, 0.1) is 38.3 Å². The average Bonchev–Trinajstić information content (AvgIpc) is 3.53. The molecule has 1 aliphatic heterocycles. The van der Waals surface area contributed by atoms with Crippen LogP contribution < -0.4 is 15.4 Å². The number of amides is 2. The Labute approximate surface area is 261 Å². The molecule has 2 heterocycles. The van der Waals surface area contributed by atoms with Crippen molar-refractivity contribution in [2.75, 3.05) is 18.5 Å². The van der Waals surface area contributed by atoms with Crippen LogP contribution in [0.4, 0.5) is 10.5 Å². The molecular formula is C33H36N2O9P. The van der Waals surface area contributed by atoms with Crippen LogP contribution in [0.3, 0.4) is 0 Å². The number of hydrogen-bond donors (Lipinski definition) is 4. The summed E-state index contributed by atoms with van der Waals surface area (Å²) >= 11 is 0. The quantitative estimate of drug-likeness (QED) is 0.0872. The molecule has 1 radical (unpaired) electrons. The highest BCUT2D eigenvalue weighted by Gasteiger charge is 2.35. The summed E-state index contributed by atoms with van der Waals surface area (Å²) in [6, 6.07) is 25.0. The Hall–Kier alpha value is -4.25. The minimum atomic E-state index is -3.83. The van der Waals surface area contributed by atoms with Crippen molar-refractivity contribution < 1.29 is 42.3 Å². The van der Waals surface area contributed by atoms with Crippen molar-refractivity contribution in [2.24, 2.45) is 0 Å². The topological polar surface area (TPSA) is 149 Å². The van der Waals surface area contributed by atoms with E-state index in [0.717, 1.165) is 36.8 Å². The van der Waals surface area contributed by atoms with Crippen molar-refractivity contribution in [3.8, 4) is 17.1 Å². The number of carboxylic acid groups (broad SMARTS) is 1. The van der Waals surface area contributed by atoms with Crippen LogP contribution >= 0.6 is 8.17 Å². The van der Waals surface area contributed by atoms with E-state index in [4.69, 9.17) is 22.7 Å². The number of furan rings is 1. The molecule has 12 heteroatoms. The van der Waals surface area contributed by atoms with E-state index in [1.165, 1.54) is 5.56 Å². The number of hydrogen-bond acceptors (Lipinski definition) is 8. The van der Waals surface area contributed by atoms with Gasteiger partial charge in [-0.3, -0.25) is 18.4 Å². The first kappa shape index (κ1) is 32.2. The predicted molar refractivity (Wildman–Crippen MR) is 168 cm³/mol. The number of carbonyl (C=O) groups excluding carboxylic acids is 1. The zero-order chi connectivity index (χ0) is 31.5. The molecule has 45 heavy (non-hydrogen) atoms. The predicted octanol–water partition coefficient (Wildman–Crippen LogP) is 6.75. The molecule has 5 rings (SSSR count). The largest absolute Gasteiger partial charge is 0.493 e. The van der Waals surface area contributed by atoms with Crippen molar-refractivity contribution >= 4 is 25.9 Å². The maximum absolute atomic E-state index is 13.2. The third-order valence-corrected chi connectivity index (χ3v) is 8.53. The number of rotatable bonds is 14. The smallest absolute Gasteiger partial charge is 0.405 e. The minimum absolute atomic E-state index is 0.0430. The van der Waals surface area contributed by atoms with E-state index in [1.54, 1.807) is 36.6 Å². The fraction of sp³-hybridized carbons (Fsp3) is 0.273. The maximum Gasteiger partial charge on any atom is 0.405 e. The van der Waals surface area contributed by atoms with Gasteiger partial charge in [0, 0.05) is 5.69 Å². The van der Waals surface area contributed by atoms with Gasteiger partial charge in [0.2, 0.25) is 5.91 Å². The number of nitrogens with one attached hydrogen (secondary N) is 2. The molecule has 0 fully saturated rings. The van der Waals surface area contributed by atoms with Crippen LogP contribution in [0.1, 0.15) is 36.0 Å². The fourth-order valence-corrected chi connectivity index (χ4v) is 5.94. The Balaban J connectivity index is 1.18. The highest BCUT2D eigenvalue weighted by molar-refractivity contribution is 7.55. The SMILES string of the molecule is O=C(O)NC(CO[P]1(O)OCc2ccccc2CO1)C(=O)Nc1ccc(OCCCCCc2ccccc2)c(-c2ccco2)c1. The van der Waals surface area contributed by atoms with Crippen LogP contribution in [-0.2, 0) is 38.0 Å². The molecule has 1 atom stereocenters. The zero-order valence-electron chi connectivity index (χ0n) is 24.6. The molecule has 2 amide bonds. The molecular weight excluding hydrogens is 599 g/mol. The molecule has 237 valence electrons. The Bertz CT molecular complexity index is 1520. The maximum atomic E-state index is 13.2. The summed E-state index contributed by atoms with van der Waals surface area (Å²) in [4.78, 5) is 35.5. The second kappa shape index (κ2) is 15.7. The molecule has 0 bridgehead atoms. The summed E-state index contributed by atoms with van der Waals surface area (Å²) < 4.78 is 28.2. The van der Waals surface area contributed by atoms with Crippen LogP contribution in [0.2, 0.25) is 0 Å². The Morgan fingerprint density at radius 3 is 2.31 bits per heavy atom. The third kappa shape index (κ3) is 9.37. The van der Waals surface area contributed by atoms with E-state index >= 15 is 0 Å². The second-order valence-electron chi connectivity index (χ2n) is 10.4. The van der Waals surface area contributed by atoms with Gasteiger partial charge in [0.15, 0.2) is 0 Å².